The van der Waals surface area contributed by atoms with Gasteiger partial charge in [0.15, 0.2) is 0 Å². The van der Waals surface area contributed by atoms with Crippen LogP contribution in [-0.2, 0) is 0 Å². The second kappa shape index (κ2) is 3.18. The van der Waals surface area contributed by atoms with E-state index in [-0.39, 0.29) is 0 Å². The first-order chi connectivity index (χ1) is 5.27. The van der Waals surface area contributed by atoms with Crippen molar-refractivity contribution in [3.8, 4) is 6.07 Å². The number of hydrogen-bond donors (Lipinski definition) is 0. The highest BCUT2D eigenvalue weighted by Crippen LogP contribution is 2.13. The lowest BCUT2D eigenvalue weighted by molar-refractivity contribution is 1.25. The van der Waals surface area contributed by atoms with Crippen molar-refractivity contribution in [2.75, 3.05) is 0 Å². The maximum absolute atomic E-state index is 8.54. The monoisotopic (exact) mass is 164 g/mol. The number of aromatic nitrogens is 1. The average Bonchev–Trinajstić information content (AvgIpc) is 2.04. The molecule has 0 spiro atoms. The molecule has 0 aliphatic heterocycles. The summed E-state index contributed by atoms with van der Waals surface area (Å²) < 4.78 is 0. The predicted molar refractivity (Wildman–Crippen MR) is 44.1 cm³/mol. The first kappa shape index (κ1) is 7.77. The van der Waals surface area contributed by atoms with Crippen molar-refractivity contribution in [1.29, 1.82) is 5.26 Å². The Balaban J connectivity index is 3.30. The van der Waals surface area contributed by atoms with Crippen LogP contribution < -0.4 is 0 Å². The maximum atomic E-state index is 8.54. The SMILES string of the molecule is C=Cc1cc(Cl)cnc1C#N. The summed E-state index contributed by atoms with van der Waals surface area (Å²) in [7, 11) is 0. The summed E-state index contributed by atoms with van der Waals surface area (Å²) in [5.74, 6) is 0. The number of hydrogen-bond acceptors (Lipinski definition) is 2. The Morgan fingerprint density at radius 2 is 2.45 bits per heavy atom. The van der Waals surface area contributed by atoms with Gasteiger partial charge in [-0.2, -0.15) is 5.26 Å². The molecule has 0 amide bonds. The summed E-state index contributed by atoms with van der Waals surface area (Å²) in [6.07, 6.45) is 2.99. The summed E-state index contributed by atoms with van der Waals surface area (Å²) in [4.78, 5) is 3.80. The molecule has 0 saturated carbocycles. The highest BCUT2D eigenvalue weighted by Gasteiger charge is 1.98. The molecule has 0 unspecified atom stereocenters. The van der Waals surface area contributed by atoms with E-state index in [1.165, 1.54) is 6.20 Å². The zero-order valence-corrected chi connectivity index (χ0v) is 6.47. The third-order valence-electron chi connectivity index (χ3n) is 1.21. The van der Waals surface area contributed by atoms with E-state index in [9.17, 15) is 0 Å². The molecule has 11 heavy (non-hydrogen) atoms. The highest BCUT2D eigenvalue weighted by molar-refractivity contribution is 6.30. The van der Waals surface area contributed by atoms with Crippen LogP contribution in [0, 0.1) is 11.3 Å². The van der Waals surface area contributed by atoms with Crippen LogP contribution in [0.4, 0.5) is 0 Å². The lowest BCUT2D eigenvalue weighted by Gasteiger charge is -1.95. The topological polar surface area (TPSA) is 36.7 Å². The molecule has 0 bridgehead atoms. The van der Waals surface area contributed by atoms with Gasteiger partial charge in [0.1, 0.15) is 11.8 Å². The Labute approximate surface area is 69.8 Å². The lowest BCUT2D eigenvalue weighted by Crippen LogP contribution is -1.86. The molecule has 0 aromatic carbocycles. The van der Waals surface area contributed by atoms with Gasteiger partial charge in [0.05, 0.1) is 5.02 Å². The molecule has 0 aliphatic carbocycles. The van der Waals surface area contributed by atoms with Crippen molar-refractivity contribution >= 4 is 17.7 Å². The van der Waals surface area contributed by atoms with Crippen LogP contribution in [0.2, 0.25) is 5.02 Å². The largest absolute Gasteiger partial charge is 0.243 e. The van der Waals surface area contributed by atoms with Gasteiger partial charge in [-0.25, -0.2) is 4.98 Å². The van der Waals surface area contributed by atoms with E-state index < -0.39 is 0 Å². The highest BCUT2D eigenvalue weighted by atomic mass is 35.5. The second-order valence-electron chi connectivity index (χ2n) is 1.91. The van der Waals surface area contributed by atoms with E-state index in [0.717, 1.165) is 0 Å². The number of nitriles is 1. The van der Waals surface area contributed by atoms with Crippen molar-refractivity contribution in [3.05, 3.63) is 35.1 Å². The summed E-state index contributed by atoms with van der Waals surface area (Å²) in [6, 6.07) is 3.59. The van der Waals surface area contributed by atoms with Crippen molar-refractivity contribution in [2.45, 2.75) is 0 Å². The van der Waals surface area contributed by atoms with E-state index in [1.54, 1.807) is 12.1 Å². The van der Waals surface area contributed by atoms with Gasteiger partial charge >= 0.3 is 0 Å². The van der Waals surface area contributed by atoms with Crippen LogP contribution in [0.1, 0.15) is 11.3 Å². The van der Waals surface area contributed by atoms with E-state index in [2.05, 4.69) is 11.6 Å². The number of halogens is 1. The van der Waals surface area contributed by atoms with Crippen molar-refractivity contribution < 1.29 is 0 Å². The zero-order valence-electron chi connectivity index (χ0n) is 5.71. The first-order valence-corrected chi connectivity index (χ1v) is 3.34. The fourth-order valence-corrected chi connectivity index (χ4v) is 0.870. The van der Waals surface area contributed by atoms with Crippen LogP contribution in [0.3, 0.4) is 0 Å². The summed E-state index contributed by atoms with van der Waals surface area (Å²) in [6.45, 7) is 3.53. The molecule has 0 fully saturated rings. The summed E-state index contributed by atoms with van der Waals surface area (Å²) >= 11 is 5.63. The second-order valence-corrected chi connectivity index (χ2v) is 2.34. The zero-order chi connectivity index (χ0) is 8.27. The molecule has 0 aliphatic rings. The van der Waals surface area contributed by atoms with E-state index >= 15 is 0 Å². The number of rotatable bonds is 1. The molecule has 0 atom stereocenters. The quantitative estimate of drug-likeness (QED) is 0.639. The molecular weight excluding hydrogens is 160 g/mol. The molecule has 0 saturated heterocycles. The molecule has 1 aromatic heterocycles. The van der Waals surface area contributed by atoms with Gasteiger partial charge in [-0.3, -0.25) is 0 Å². The molecule has 0 radical (unpaired) electrons. The van der Waals surface area contributed by atoms with E-state index in [0.29, 0.717) is 16.3 Å². The van der Waals surface area contributed by atoms with Crippen LogP contribution in [0.15, 0.2) is 18.8 Å². The molecular formula is C8H5ClN2. The van der Waals surface area contributed by atoms with Gasteiger partial charge in [0, 0.05) is 11.8 Å². The third kappa shape index (κ3) is 1.57. The molecule has 0 N–H and O–H groups in total. The van der Waals surface area contributed by atoms with Gasteiger partial charge in [0.2, 0.25) is 0 Å². The van der Waals surface area contributed by atoms with Crippen molar-refractivity contribution in [3.63, 3.8) is 0 Å². The molecule has 1 rings (SSSR count). The summed E-state index contributed by atoms with van der Waals surface area (Å²) in [5, 5.41) is 9.05. The standard InChI is InChI=1S/C8H5ClN2/c1-2-6-3-7(9)5-11-8(6)4-10/h2-3,5H,1H2. The fourth-order valence-electron chi connectivity index (χ4n) is 0.704. The minimum absolute atomic E-state index is 0.351. The minimum Gasteiger partial charge on any atom is -0.243 e. The molecule has 2 nitrogen and oxygen atoms in total. The molecule has 3 heteroatoms. The average molecular weight is 165 g/mol. The van der Waals surface area contributed by atoms with Crippen LogP contribution in [0.5, 0.6) is 0 Å². The number of nitrogens with zero attached hydrogens (tertiary/aromatic N) is 2. The molecule has 1 heterocycles. The Kier molecular flexibility index (Phi) is 2.25. The maximum Gasteiger partial charge on any atom is 0.147 e. The van der Waals surface area contributed by atoms with Crippen LogP contribution in [-0.4, -0.2) is 4.98 Å². The fraction of sp³-hybridized carbons (Fsp3) is 0. The Hall–Kier alpha value is -1.33. The molecule has 1 aromatic rings. The van der Waals surface area contributed by atoms with Crippen molar-refractivity contribution in [1.82, 2.24) is 4.98 Å². The van der Waals surface area contributed by atoms with Gasteiger partial charge < -0.3 is 0 Å². The van der Waals surface area contributed by atoms with E-state index in [1.807, 2.05) is 6.07 Å². The van der Waals surface area contributed by atoms with Crippen LogP contribution in [0.25, 0.3) is 6.08 Å². The first-order valence-electron chi connectivity index (χ1n) is 2.96. The van der Waals surface area contributed by atoms with Gasteiger partial charge in [-0.05, 0) is 6.07 Å². The lowest BCUT2D eigenvalue weighted by atomic mass is 10.2. The Bertz CT molecular complexity index is 325. The smallest absolute Gasteiger partial charge is 0.147 e. The number of pyridine rings is 1. The Morgan fingerprint density at radius 1 is 1.73 bits per heavy atom. The van der Waals surface area contributed by atoms with Gasteiger partial charge in [-0.1, -0.05) is 24.3 Å². The van der Waals surface area contributed by atoms with E-state index in [4.69, 9.17) is 16.9 Å². The summed E-state index contributed by atoms with van der Waals surface area (Å²) in [5.41, 5.74) is 1.02. The van der Waals surface area contributed by atoms with Gasteiger partial charge in [0.25, 0.3) is 0 Å². The Morgan fingerprint density at radius 3 is 3.00 bits per heavy atom. The third-order valence-corrected chi connectivity index (χ3v) is 1.42. The van der Waals surface area contributed by atoms with Crippen molar-refractivity contribution in [2.24, 2.45) is 0 Å². The normalized spacial score (nSPS) is 8.73. The molecule has 54 valence electrons. The van der Waals surface area contributed by atoms with Crippen LogP contribution >= 0.6 is 11.6 Å². The van der Waals surface area contributed by atoms with Gasteiger partial charge in [-0.15, -0.1) is 0 Å². The predicted octanol–water partition coefficient (Wildman–Crippen LogP) is 2.25. The minimum atomic E-state index is 0.351.